The highest BCUT2D eigenvalue weighted by atomic mass is 16.7. The lowest BCUT2D eigenvalue weighted by molar-refractivity contribution is -0.267. The van der Waals surface area contributed by atoms with Gasteiger partial charge in [-0.3, -0.25) is 4.79 Å². The summed E-state index contributed by atoms with van der Waals surface area (Å²) in [5.74, 6) is -2.97. The Morgan fingerprint density at radius 2 is 1.86 bits per heavy atom. The van der Waals surface area contributed by atoms with Crippen LogP contribution in [-0.2, 0) is 14.3 Å². The number of aliphatic carboxylic acids is 1. The van der Waals surface area contributed by atoms with E-state index in [-0.39, 0.29) is 31.1 Å². The first kappa shape index (κ1) is 26.3. The number of carbonyl (C=O) groups is 1. The molecule has 9 atom stereocenters. The number of hydrogen-bond acceptors (Lipinski definition) is 7. The molecule has 1 aliphatic heterocycles. The van der Waals surface area contributed by atoms with Gasteiger partial charge in [0.25, 0.3) is 0 Å². The molecule has 0 spiro atoms. The van der Waals surface area contributed by atoms with E-state index in [1.54, 1.807) is 13.8 Å². The van der Waals surface area contributed by atoms with E-state index in [1.165, 1.54) is 6.92 Å². The highest BCUT2D eigenvalue weighted by Gasteiger charge is 2.45. The van der Waals surface area contributed by atoms with E-state index in [2.05, 4.69) is 4.90 Å². The van der Waals surface area contributed by atoms with Gasteiger partial charge in [-0.15, -0.1) is 0 Å². The van der Waals surface area contributed by atoms with Crippen LogP contribution in [0.25, 0.3) is 0 Å². The van der Waals surface area contributed by atoms with Crippen molar-refractivity contribution in [2.75, 3.05) is 20.7 Å². The van der Waals surface area contributed by atoms with Crippen molar-refractivity contribution in [3.8, 4) is 0 Å². The molecule has 8 nitrogen and oxygen atoms in total. The molecule has 8 heteroatoms. The van der Waals surface area contributed by atoms with Crippen LogP contribution in [0.4, 0.5) is 0 Å². The first-order valence-electron chi connectivity index (χ1n) is 10.5. The quantitative estimate of drug-likeness (QED) is 0.396. The normalized spacial score (nSPS) is 30.2. The predicted molar refractivity (Wildman–Crippen MR) is 109 cm³/mol. The molecule has 0 aliphatic carbocycles. The Kier molecular flexibility index (Phi) is 9.98. The average Bonchev–Trinajstić information content (AvgIpc) is 2.63. The Morgan fingerprint density at radius 3 is 2.34 bits per heavy atom. The summed E-state index contributed by atoms with van der Waals surface area (Å²) in [6.07, 6.45) is -0.972. The average molecular weight is 420 g/mol. The Labute approximate surface area is 174 Å². The maximum atomic E-state index is 11.4. The molecule has 1 rings (SSSR count). The van der Waals surface area contributed by atoms with Gasteiger partial charge in [0.15, 0.2) is 6.29 Å². The summed E-state index contributed by atoms with van der Waals surface area (Å²) in [7, 11) is 3.99. The second kappa shape index (κ2) is 11.0. The molecule has 1 heterocycles. The number of aliphatic hydroxyl groups excluding tert-OH is 2. The van der Waals surface area contributed by atoms with E-state index in [4.69, 9.17) is 9.47 Å². The summed E-state index contributed by atoms with van der Waals surface area (Å²) in [5.41, 5.74) is -1.39. The largest absolute Gasteiger partial charge is 0.481 e. The number of carboxylic acid groups (broad SMARTS) is 1. The molecule has 0 aromatic carbocycles. The molecule has 0 saturated carbocycles. The maximum Gasteiger partial charge on any atom is 0.308 e. The Bertz CT molecular complexity index is 513. The minimum absolute atomic E-state index is 0.0266. The van der Waals surface area contributed by atoms with Gasteiger partial charge in [0, 0.05) is 25.0 Å². The lowest BCUT2D eigenvalue weighted by Gasteiger charge is -2.44. The predicted octanol–water partition coefficient (Wildman–Crippen LogP) is 1.31. The molecular formula is C21H41NO7. The lowest BCUT2D eigenvalue weighted by atomic mass is 9.78. The summed E-state index contributed by atoms with van der Waals surface area (Å²) in [6.45, 7) is 8.42. The van der Waals surface area contributed by atoms with Crippen LogP contribution in [0.5, 0.6) is 0 Å². The molecule has 1 fully saturated rings. The van der Waals surface area contributed by atoms with Gasteiger partial charge in [-0.2, -0.15) is 0 Å². The van der Waals surface area contributed by atoms with Gasteiger partial charge in [0.2, 0.25) is 0 Å². The van der Waals surface area contributed by atoms with E-state index in [0.29, 0.717) is 6.42 Å². The summed E-state index contributed by atoms with van der Waals surface area (Å²) < 4.78 is 12.2. The van der Waals surface area contributed by atoms with Crippen LogP contribution in [0.15, 0.2) is 0 Å². The van der Waals surface area contributed by atoms with Crippen molar-refractivity contribution in [1.82, 2.24) is 4.90 Å². The summed E-state index contributed by atoms with van der Waals surface area (Å²) in [5, 5.41) is 40.6. The molecule has 0 aromatic rings. The topological polar surface area (TPSA) is 120 Å². The summed E-state index contributed by atoms with van der Waals surface area (Å²) in [4.78, 5) is 13.5. The van der Waals surface area contributed by atoms with Crippen molar-refractivity contribution in [1.29, 1.82) is 0 Å². The molecule has 172 valence electrons. The first-order chi connectivity index (χ1) is 13.3. The van der Waals surface area contributed by atoms with Crippen LogP contribution < -0.4 is 0 Å². The standard InChI is InChI=1S/C21H41NO7/c1-12(11-23)10-21(5,27)19(14(3)18(24)15(4)20(25)26)29-17-9-16(22(6)7)8-13(2)28-17/h12-19,23-24,27H,8-11H2,1-7H3,(H,25,26). The van der Waals surface area contributed by atoms with Crippen LogP contribution in [-0.4, -0.2) is 88.2 Å². The smallest absolute Gasteiger partial charge is 0.308 e. The van der Waals surface area contributed by atoms with Crippen molar-refractivity contribution in [3.63, 3.8) is 0 Å². The van der Waals surface area contributed by atoms with Gasteiger partial charge >= 0.3 is 5.97 Å². The summed E-state index contributed by atoms with van der Waals surface area (Å²) >= 11 is 0. The van der Waals surface area contributed by atoms with E-state index >= 15 is 0 Å². The van der Waals surface area contributed by atoms with Crippen LogP contribution in [0, 0.1) is 17.8 Å². The number of hydrogen-bond donors (Lipinski definition) is 4. The second-order valence-electron chi connectivity index (χ2n) is 9.35. The highest BCUT2D eigenvalue weighted by Crippen LogP contribution is 2.34. The van der Waals surface area contributed by atoms with E-state index in [1.807, 2.05) is 27.9 Å². The lowest BCUT2D eigenvalue weighted by Crippen LogP contribution is -2.54. The van der Waals surface area contributed by atoms with Gasteiger partial charge in [-0.05, 0) is 53.6 Å². The van der Waals surface area contributed by atoms with Gasteiger partial charge in [-0.25, -0.2) is 0 Å². The van der Waals surface area contributed by atoms with Crippen molar-refractivity contribution in [2.45, 2.75) is 90.1 Å². The number of ether oxygens (including phenoxy) is 2. The third kappa shape index (κ3) is 7.45. The molecule has 29 heavy (non-hydrogen) atoms. The summed E-state index contributed by atoms with van der Waals surface area (Å²) in [6, 6.07) is 0.254. The number of aliphatic hydroxyl groups is 3. The zero-order valence-corrected chi connectivity index (χ0v) is 18.9. The third-order valence-electron chi connectivity index (χ3n) is 6.09. The Morgan fingerprint density at radius 1 is 1.28 bits per heavy atom. The van der Waals surface area contributed by atoms with Crippen molar-refractivity contribution in [3.05, 3.63) is 0 Å². The molecule has 0 radical (unpaired) electrons. The molecular weight excluding hydrogens is 378 g/mol. The van der Waals surface area contributed by atoms with Crippen LogP contribution >= 0.6 is 0 Å². The molecule has 9 unspecified atom stereocenters. The molecule has 1 saturated heterocycles. The Hall–Kier alpha value is -0.770. The molecule has 1 aliphatic rings. The first-order valence-corrected chi connectivity index (χ1v) is 10.5. The maximum absolute atomic E-state index is 11.4. The van der Waals surface area contributed by atoms with Gasteiger partial charge in [-0.1, -0.05) is 13.8 Å². The minimum atomic E-state index is -1.39. The zero-order valence-electron chi connectivity index (χ0n) is 18.9. The fourth-order valence-electron chi connectivity index (χ4n) is 4.25. The molecule has 0 aromatic heterocycles. The van der Waals surface area contributed by atoms with Gasteiger partial charge < -0.3 is 34.8 Å². The van der Waals surface area contributed by atoms with Crippen LogP contribution in [0.2, 0.25) is 0 Å². The Balaban J connectivity index is 3.10. The molecule has 4 N–H and O–H groups in total. The van der Waals surface area contributed by atoms with E-state index in [9.17, 15) is 25.2 Å². The molecule has 0 amide bonds. The zero-order chi connectivity index (χ0) is 22.5. The van der Waals surface area contributed by atoms with Crippen molar-refractivity contribution in [2.24, 2.45) is 17.8 Å². The van der Waals surface area contributed by atoms with E-state index in [0.717, 1.165) is 6.42 Å². The van der Waals surface area contributed by atoms with Crippen molar-refractivity contribution >= 4 is 5.97 Å². The van der Waals surface area contributed by atoms with Gasteiger partial charge in [0.05, 0.1) is 29.8 Å². The van der Waals surface area contributed by atoms with Crippen molar-refractivity contribution < 1.29 is 34.7 Å². The number of carboxylic acids is 1. The fraction of sp³-hybridized carbons (Fsp3) is 0.952. The molecule has 0 bridgehead atoms. The number of rotatable bonds is 11. The fourth-order valence-corrected chi connectivity index (χ4v) is 4.25. The van der Waals surface area contributed by atoms with E-state index < -0.39 is 41.9 Å². The third-order valence-corrected chi connectivity index (χ3v) is 6.09. The second-order valence-corrected chi connectivity index (χ2v) is 9.35. The van der Waals surface area contributed by atoms with Gasteiger partial charge in [0.1, 0.15) is 0 Å². The van der Waals surface area contributed by atoms with Crippen LogP contribution in [0.1, 0.15) is 53.9 Å². The number of nitrogens with zero attached hydrogens (tertiary/aromatic N) is 1. The minimum Gasteiger partial charge on any atom is -0.481 e. The SMILES string of the molecule is CC(CO)CC(C)(O)C(OC1CC(N(C)C)CC(C)O1)C(C)C(O)C(C)C(=O)O. The van der Waals surface area contributed by atoms with Crippen LogP contribution in [0.3, 0.4) is 0 Å². The highest BCUT2D eigenvalue weighted by molar-refractivity contribution is 5.70. The monoisotopic (exact) mass is 419 g/mol.